The van der Waals surface area contributed by atoms with Crippen molar-refractivity contribution in [1.29, 1.82) is 0 Å². The lowest BCUT2D eigenvalue weighted by Gasteiger charge is -2.17. The molecule has 1 aromatic carbocycles. The van der Waals surface area contributed by atoms with E-state index in [1.54, 1.807) is 13.2 Å². The van der Waals surface area contributed by atoms with Gasteiger partial charge in [0.05, 0.1) is 20.6 Å². The van der Waals surface area contributed by atoms with Crippen molar-refractivity contribution in [3.8, 4) is 11.5 Å². The first-order chi connectivity index (χ1) is 8.53. The van der Waals surface area contributed by atoms with Crippen molar-refractivity contribution < 1.29 is 19.4 Å². The van der Waals surface area contributed by atoms with Crippen LogP contribution in [-0.4, -0.2) is 25.3 Å². The second-order valence-electron chi connectivity index (χ2n) is 3.96. The molecule has 0 saturated heterocycles. The maximum Gasteiger partial charge on any atom is 0.305 e. The Bertz CT molecular complexity index is 431. The molecule has 0 heterocycles. The molecule has 0 amide bonds. The summed E-state index contributed by atoms with van der Waals surface area (Å²) in [6, 6.07) is 3.01. The number of hydrogen-bond acceptors (Lipinski definition) is 4. The molecule has 1 rings (SSSR count). The highest BCUT2D eigenvalue weighted by Gasteiger charge is 2.18. The lowest BCUT2D eigenvalue weighted by molar-refractivity contribution is -0.137. The highest BCUT2D eigenvalue weighted by molar-refractivity contribution is 5.68. The van der Waals surface area contributed by atoms with Gasteiger partial charge in [-0.1, -0.05) is 6.92 Å². The minimum absolute atomic E-state index is 0.133. The van der Waals surface area contributed by atoms with Gasteiger partial charge in [-0.25, -0.2) is 0 Å². The number of hydrogen-bond donors (Lipinski definition) is 2. The standard InChI is InChI=1S/C13H19NO4/c1-4-8-5-9(10(14)6-13(15)16)12(18-3)7-11(8)17-2/h5,7,10H,4,6,14H2,1-3H3,(H,15,16). The van der Waals surface area contributed by atoms with Crippen molar-refractivity contribution >= 4 is 5.97 Å². The molecule has 100 valence electrons. The molecule has 1 atom stereocenters. The van der Waals surface area contributed by atoms with Gasteiger partial charge in [0.2, 0.25) is 0 Å². The van der Waals surface area contributed by atoms with E-state index in [-0.39, 0.29) is 6.42 Å². The monoisotopic (exact) mass is 253 g/mol. The summed E-state index contributed by atoms with van der Waals surface area (Å²) in [5, 5.41) is 8.79. The number of carbonyl (C=O) groups is 1. The fourth-order valence-corrected chi connectivity index (χ4v) is 1.86. The van der Waals surface area contributed by atoms with Crippen molar-refractivity contribution in [2.24, 2.45) is 5.73 Å². The zero-order chi connectivity index (χ0) is 13.7. The van der Waals surface area contributed by atoms with Crippen molar-refractivity contribution in [3.63, 3.8) is 0 Å². The molecule has 0 saturated carbocycles. The molecule has 0 aromatic heterocycles. The van der Waals surface area contributed by atoms with Crippen LogP contribution in [0, 0.1) is 0 Å². The number of methoxy groups -OCH3 is 2. The lowest BCUT2D eigenvalue weighted by atomic mass is 9.99. The first-order valence-corrected chi connectivity index (χ1v) is 5.75. The van der Waals surface area contributed by atoms with Gasteiger partial charge in [-0.3, -0.25) is 4.79 Å². The number of carboxylic acids is 1. The molecule has 0 radical (unpaired) electrons. The summed E-state index contributed by atoms with van der Waals surface area (Å²) >= 11 is 0. The fourth-order valence-electron chi connectivity index (χ4n) is 1.86. The number of carboxylic acid groups (broad SMARTS) is 1. The van der Waals surface area contributed by atoms with Gasteiger partial charge in [-0.05, 0) is 18.1 Å². The summed E-state index contributed by atoms with van der Waals surface area (Å²) < 4.78 is 10.5. The molecule has 0 spiro atoms. The molecule has 0 aliphatic carbocycles. The summed E-state index contributed by atoms with van der Waals surface area (Å²) in [5.74, 6) is 0.344. The number of benzene rings is 1. The smallest absolute Gasteiger partial charge is 0.305 e. The molecule has 5 heteroatoms. The van der Waals surface area contributed by atoms with Crippen molar-refractivity contribution in [2.75, 3.05) is 14.2 Å². The topological polar surface area (TPSA) is 81.8 Å². The lowest BCUT2D eigenvalue weighted by Crippen LogP contribution is -2.16. The van der Waals surface area contributed by atoms with Crippen LogP contribution in [0.5, 0.6) is 11.5 Å². The average Bonchev–Trinajstić information content (AvgIpc) is 2.36. The summed E-state index contributed by atoms with van der Waals surface area (Å²) in [5.41, 5.74) is 7.56. The Balaban J connectivity index is 3.20. The van der Waals surface area contributed by atoms with Crippen molar-refractivity contribution in [1.82, 2.24) is 0 Å². The van der Waals surface area contributed by atoms with Crippen molar-refractivity contribution in [2.45, 2.75) is 25.8 Å². The van der Waals surface area contributed by atoms with E-state index in [1.807, 2.05) is 13.0 Å². The molecule has 18 heavy (non-hydrogen) atoms. The molecular weight excluding hydrogens is 234 g/mol. The molecule has 0 aliphatic heterocycles. The molecule has 3 N–H and O–H groups in total. The third-order valence-electron chi connectivity index (χ3n) is 2.81. The Morgan fingerprint density at radius 1 is 1.33 bits per heavy atom. The Morgan fingerprint density at radius 3 is 2.39 bits per heavy atom. The molecule has 0 fully saturated rings. The minimum Gasteiger partial charge on any atom is -0.496 e. The van der Waals surface area contributed by atoms with Gasteiger partial charge in [-0.15, -0.1) is 0 Å². The number of ether oxygens (including phenoxy) is 2. The largest absolute Gasteiger partial charge is 0.496 e. The van der Waals surface area contributed by atoms with Gasteiger partial charge in [-0.2, -0.15) is 0 Å². The van der Waals surface area contributed by atoms with Gasteiger partial charge >= 0.3 is 5.97 Å². The van der Waals surface area contributed by atoms with Crippen LogP contribution in [0.4, 0.5) is 0 Å². The fraction of sp³-hybridized carbons (Fsp3) is 0.462. The average molecular weight is 253 g/mol. The predicted octanol–water partition coefficient (Wildman–Crippen LogP) is 1.74. The molecule has 5 nitrogen and oxygen atoms in total. The summed E-state index contributed by atoms with van der Waals surface area (Å²) in [4.78, 5) is 10.7. The molecule has 1 aromatic rings. The highest BCUT2D eigenvalue weighted by atomic mass is 16.5. The van der Waals surface area contributed by atoms with Crippen molar-refractivity contribution in [3.05, 3.63) is 23.3 Å². The third-order valence-corrected chi connectivity index (χ3v) is 2.81. The molecular formula is C13H19NO4. The SMILES string of the molecule is CCc1cc(C(N)CC(=O)O)c(OC)cc1OC. The zero-order valence-corrected chi connectivity index (χ0v) is 10.9. The summed E-state index contributed by atoms with van der Waals surface area (Å²) in [6.45, 7) is 2.00. The first-order valence-electron chi connectivity index (χ1n) is 5.75. The number of aryl methyl sites for hydroxylation is 1. The van der Waals surface area contributed by atoms with Gasteiger partial charge in [0.1, 0.15) is 11.5 Å². The molecule has 1 unspecified atom stereocenters. The van der Waals surface area contributed by atoms with Gasteiger partial charge in [0, 0.05) is 17.7 Å². The Kier molecular flexibility index (Phi) is 4.97. The maximum atomic E-state index is 10.7. The Hall–Kier alpha value is -1.75. The highest BCUT2D eigenvalue weighted by Crippen LogP contribution is 2.33. The van der Waals surface area contributed by atoms with E-state index in [4.69, 9.17) is 20.3 Å². The van der Waals surface area contributed by atoms with Crippen LogP contribution < -0.4 is 15.2 Å². The summed E-state index contributed by atoms with van der Waals surface area (Å²) in [6.07, 6.45) is 0.645. The third kappa shape index (κ3) is 3.13. The normalized spacial score (nSPS) is 12.0. The summed E-state index contributed by atoms with van der Waals surface area (Å²) in [7, 11) is 3.11. The maximum absolute atomic E-state index is 10.7. The van der Waals surface area contributed by atoms with Crippen LogP contribution in [0.15, 0.2) is 12.1 Å². The van der Waals surface area contributed by atoms with Crippen LogP contribution >= 0.6 is 0 Å². The zero-order valence-electron chi connectivity index (χ0n) is 10.9. The van der Waals surface area contributed by atoms with E-state index >= 15 is 0 Å². The number of rotatable bonds is 6. The van der Waals surface area contributed by atoms with E-state index in [9.17, 15) is 4.79 Å². The van der Waals surface area contributed by atoms with E-state index in [1.165, 1.54) is 7.11 Å². The predicted molar refractivity (Wildman–Crippen MR) is 68.1 cm³/mol. The van der Waals surface area contributed by atoms with E-state index < -0.39 is 12.0 Å². The van der Waals surface area contributed by atoms with Crippen LogP contribution in [0.1, 0.15) is 30.5 Å². The van der Waals surface area contributed by atoms with Gasteiger partial charge < -0.3 is 20.3 Å². The number of nitrogens with two attached hydrogens (primary N) is 1. The Morgan fingerprint density at radius 2 is 1.94 bits per heavy atom. The molecule has 0 aliphatic rings. The van der Waals surface area contributed by atoms with Gasteiger partial charge in [0.25, 0.3) is 0 Å². The molecule has 0 bridgehead atoms. The quantitative estimate of drug-likeness (QED) is 0.807. The van der Waals surface area contributed by atoms with E-state index in [2.05, 4.69) is 0 Å². The number of aliphatic carboxylic acids is 1. The second kappa shape index (κ2) is 6.26. The van der Waals surface area contributed by atoms with Crippen LogP contribution in [0.2, 0.25) is 0 Å². The van der Waals surface area contributed by atoms with Crippen LogP contribution in [0.25, 0.3) is 0 Å². The van der Waals surface area contributed by atoms with Gasteiger partial charge in [0.15, 0.2) is 0 Å². The second-order valence-corrected chi connectivity index (χ2v) is 3.96. The van der Waals surface area contributed by atoms with Crippen LogP contribution in [-0.2, 0) is 11.2 Å². The van der Waals surface area contributed by atoms with Crippen LogP contribution in [0.3, 0.4) is 0 Å². The Labute approximate surface area is 107 Å². The van der Waals surface area contributed by atoms with E-state index in [0.717, 1.165) is 17.7 Å². The first kappa shape index (κ1) is 14.3. The minimum atomic E-state index is -0.932. The van der Waals surface area contributed by atoms with E-state index in [0.29, 0.717) is 11.3 Å².